The van der Waals surface area contributed by atoms with Crippen LogP contribution < -0.4 is 10.6 Å². The Kier molecular flexibility index (Phi) is 8.62. The molecule has 1 aromatic rings. The van der Waals surface area contributed by atoms with Gasteiger partial charge < -0.3 is 15.5 Å². The highest BCUT2D eigenvalue weighted by molar-refractivity contribution is 5.79. The Bertz CT molecular complexity index is 586. The molecule has 0 spiro atoms. The topological polar surface area (TPSA) is 42.9 Å². The van der Waals surface area contributed by atoms with E-state index in [1.807, 2.05) is 0 Å². The van der Waals surface area contributed by atoms with Crippen LogP contribution in [0.2, 0.25) is 0 Å². The Morgan fingerprint density at radius 1 is 0.929 bits per heavy atom. The average Bonchev–Trinajstić information content (AvgIpc) is 3.39. The number of likely N-dealkylation sites (tertiary alicyclic amines) is 2. The zero-order valence-electron chi connectivity index (χ0n) is 17.9. The Labute approximate surface area is 171 Å². The summed E-state index contributed by atoms with van der Waals surface area (Å²) in [5.41, 5.74) is 2.68. The SMILES string of the molecule is CCNC(=NCc1ccc(CN2CCCC2)cc1)NCC(C)CN1CCCC1. The Hall–Kier alpha value is -1.59. The monoisotopic (exact) mass is 385 g/mol. The van der Waals surface area contributed by atoms with Crippen molar-refractivity contribution in [3.05, 3.63) is 35.4 Å². The Morgan fingerprint density at radius 2 is 1.54 bits per heavy atom. The fraction of sp³-hybridized carbons (Fsp3) is 0.696. The average molecular weight is 386 g/mol. The molecule has 1 aromatic carbocycles. The third kappa shape index (κ3) is 7.10. The van der Waals surface area contributed by atoms with Gasteiger partial charge in [0.15, 0.2) is 5.96 Å². The molecule has 0 radical (unpaired) electrons. The molecule has 2 fully saturated rings. The van der Waals surface area contributed by atoms with E-state index in [2.05, 4.69) is 58.5 Å². The number of nitrogens with one attached hydrogen (secondary N) is 2. The summed E-state index contributed by atoms with van der Waals surface area (Å²) in [5, 5.41) is 6.91. The second-order valence-corrected chi connectivity index (χ2v) is 8.49. The summed E-state index contributed by atoms with van der Waals surface area (Å²) in [4.78, 5) is 9.92. The van der Waals surface area contributed by atoms with Crippen LogP contribution >= 0.6 is 0 Å². The van der Waals surface area contributed by atoms with E-state index in [0.29, 0.717) is 5.92 Å². The van der Waals surface area contributed by atoms with Gasteiger partial charge in [0.05, 0.1) is 6.54 Å². The normalized spacial score (nSPS) is 19.9. The van der Waals surface area contributed by atoms with Crippen LogP contribution in [0.4, 0.5) is 0 Å². The molecule has 0 amide bonds. The zero-order valence-corrected chi connectivity index (χ0v) is 17.9. The van der Waals surface area contributed by atoms with Crippen LogP contribution in [0, 0.1) is 5.92 Å². The van der Waals surface area contributed by atoms with Gasteiger partial charge in [-0.15, -0.1) is 0 Å². The van der Waals surface area contributed by atoms with E-state index in [9.17, 15) is 0 Å². The maximum atomic E-state index is 4.79. The molecule has 2 aliphatic rings. The lowest BCUT2D eigenvalue weighted by molar-refractivity contribution is 0.287. The van der Waals surface area contributed by atoms with E-state index in [1.165, 1.54) is 69.5 Å². The number of hydrogen-bond donors (Lipinski definition) is 2. The van der Waals surface area contributed by atoms with Crippen LogP contribution in [0.5, 0.6) is 0 Å². The molecular formula is C23H39N5. The molecule has 0 aromatic heterocycles. The molecule has 5 heteroatoms. The van der Waals surface area contributed by atoms with Gasteiger partial charge in [0.1, 0.15) is 0 Å². The molecule has 2 N–H and O–H groups in total. The number of aliphatic imine (C=N–C) groups is 1. The maximum Gasteiger partial charge on any atom is 0.191 e. The summed E-state index contributed by atoms with van der Waals surface area (Å²) in [7, 11) is 0. The van der Waals surface area contributed by atoms with Gasteiger partial charge >= 0.3 is 0 Å². The molecule has 28 heavy (non-hydrogen) atoms. The van der Waals surface area contributed by atoms with Crippen LogP contribution in [0.25, 0.3) is 0 Å². The minimum Gasteiger partial charge on any atom is -0.357 e. The lowest BCUT2D eigenvalue weighted by atomic mass is 10.1. The highest BCUT2D eigenvalue weighted by atomic mass is 15.2. The Balaban J connectivity index is 1.44. The molecule has 2 aliphatic heterocycles. The van der Waals surface area contributed by atoms with Crippen molar-refractivity contribution in [2.45, 2.75) is 52.6 Å². The number of hydrogen-bond acceptors (Lipinski definition) is 3. The van der Waals surface area contributed by atoms with Crippen molar-refractivity contribution < 1.29 is 0 Å². The predicted molar refractivity (Wildman–Crippen MR) is 119 cm³/mol. The summed E-state index contributed by atoms with van der Waals surface area (Å²) >= 11 is 0. The molecule has 2 heterocycles. The largest absolute Gasteiger partial charge is 0.357 e. The molecule has 1 atom stereocenters. The van der Waals surface area contributed by atoms with Gasteiger partial charge in [0.2, 0.25) is 0 Å². The van der Waals surface area contributed by atoms with Crippen molar-refractivity contribution in [2.75, 3.05) is 45.8 Å². The van der Waals surface area contributed by atoms with Gasteiger partial charge in [-0.25, -0.2) is 4.99 Å². The van der Waals surface area contributed by atoms with Gasteiger partial charge in [-0.3, -0.25) is 4.90 Å². The van der Waals surface area contributed by atoms with Gasteiger partial charge in [-0.05, 0) is 75.8 Å². The number of nitrogens with zero attached hydrogens (tertiary/aromatic N) is 3. The highest BCUT2D eigenvalue weighted by Gasteiger charge is 2.15. The summed E-state index contributed by atoms with van der Waals surface area (Å²) in [5.74, 6) is 1.56. The van der Waals surface area contributed by atoms with Crippen molar-refractivity contribution in [1.29, 1.82) is 0 Å². The van der Waals surface area contributed by atoms with E-state index < -0.39 is 0 Å². The summed E-state index contributed by atoms with van der Waals surface area (Å²) in [6.45, 7) is 14.3. The Morgan fingerprint density at radius 3 is 2.18 bits per heavy atom. The minimum atomic E-state index is 0.631. The van der Waals surface area contributed by atoms with Crippen LogP contribution in [0.1, 0.15) is 50.7 Å². The van der Waals surface area contributed by atoms with E-state index in [0.717, 1.165) is 32.1 Å². The second kappa shape index (κ2) is 11.4. The van der Waals surface area contributed by atoms with E-state index >= 15 is 0 Å². The van der Waals surface area contributed by atoms with Gasteiger partial charge in [0.25, 0.3) is 0 Å². The molecular weight excluding hydrogens is 346 g/mol. The minimum absolute atomic E-state index is 0.631. The molecule has 1 unspecified atom stereocenters. The lowest BCUT2D eigenvalue weighted by Gasteiger charge is -2.21. The standard InChI is InChI=1S/C23H39N5/c1-3-24-23(25-16-20(2)18-27-12-4-5-13-27)26-17-21-8-10-22(11-9-21)19-28-14-6-7-15-28/h8-11,20H,3-7,12-19H2,1-2H3,(H2,24,25,26). The van der Waals surface area contributed by atoms with Crippen molar-refractivity contribution in [3.63, 3.8) is 0 Å². The van der Waals surface area contributed by atoms with Crippen molar-refractivity contribution in [3.8, 4) is 0 Å². The number of guanidine groups is 1. The van der Waals surface area contributed by atoms with Crippen LogP contribution in [0.3, 0.4) is 0 Å². The van der Waals surface area contributed by atoms with Crippen molar-refractivity contribution in [1.82, 2.24) is 20.4 Å². The third-order valence-electron chi connectivity index (χ3n) is 5.78. The molecule has 2 saturated heterocycles. The first kappa shape index (κ1) is 21.1. The fourth-order valence-electron chi connectivity index (χ4n) is 4.20. The summed E-state index contributed by atoms with van der Waals surface area (Å²) < 4.78 is 0. The number of benzene rings is 1. The molecule has 156 valence electrons. The lowest BCUT2D eigenvalue weighted by Crippen LogP contribution is -2.41. The van der Waals surface area contributed by atoms with E-state index in [4.69, 9.17) is 4.99 Å². The second-order valence-electron chi connectivity index (χ2n) is 8.49. The maximum absolute atomic E-state index is 4.79. The smallest absolute Gasteiger partial charge is 0.191 e. The van der Waals surface area contributed by atoms with Crippen molar-refractivity contribution in [2.24, 2.45) is 10.9 Å². The van der Waals surface area contributed by atoms with E-state index in [-0.39, 0.29) is 0 Å². The summed E-state index contributed by atoms with van der Waals surface area (Å²) in [6, 6.07) is 8.99. The first-order valence-corrected chi connectivity index (χ1v) is 11.3. The molecule has 3 rings (SSSR count). The highest BCUT2D eigenvalue weighted by Crippen LogP contribution is 2.14. The first-order valence-electron chi connectivity index (χ1n) is 11.3. The zero-order chi connectivity index (χ0) is 19.6. The third-order valence-corrected chi connectivity index (χ3v) is 5.78. The van der Waals surface area contributed by atoms with Crippen LogP contribution in [0.15, 0.2) is 29.3 Å². The number of rotatable bonds is 9. The summed E-state index contributed by atoms with van der Waals surface area (Å²) in [6.07, 6.45) is 5.43. The molecule has 0 saturated carbocycles. The fourth-order valence-corrected chi connectivity index (χ4v) is 4.20. The molecule has 0 aliphatic carbocycles. The quantitative estimate of drug-likeness (QED) is 0.506. The van der Waals surface area contributed by atoms with Gasteiger partial charge in [-0.2, -0.15) is 0 Å². The predicted octanol–water partition coefficient (Wildman–Crippen LogP) is 3.07. The van der Waals surface area contributed by atoms with Gasteiger partial charge in [-0.1, -0.05) is 31.2 Å². The van der Waals surface area contributed by atoms with E-state index in [1.54, 1.807) is 0 Å². The first-order chi connectivity index (χ1) is 13.7. The van der Waals surface area contributed by atoms with Crippen LogP contribution in [-0.4, -0.2) is 61.6 Å². The van der Waals surface area contributed by atoms with Gasteiger partial charge in [0, 0.05) is 26.2 Å². The molecule has 5 nitrogen and oxygen atoms in total. The van der Waals surface area contributed by atoms with Crippen molar-refractivity contribution >= 4 is 5.96 Å². The molecule has 0 bridgehead atoms. The van der Waals surface area contributed by atoms with Crippen LogP contribution in [-0.2, 0) is 13.1 Å².